The number of allylic oxidation sites excluding steroid dienone is 1. The van der Waals surface area contributed by atoms with Crippen LogP contribution in [0.3, 0.4) is 0 Å². The summed E-state index contributed by atoms with van der Waals surface area (Å²) in [4.78, 5) is 25.2. The maximum atomic E-state index is 13.1. The Morgan fingerprint density at radius 1 is 0.872 bits per heavy atom. The topological polar surface area (TPSA) is 101 Å². The molecular formula is C29H27NaO8S. The molecule has 3 aromatic carbocycles. The number of hydrogen-bond acceptors (Lipinski definition) is 8. The van der Waals surface area contributed by atoms with Gasteiger partial charge in [0.15, 0.2) is 23.9 Å². The van der Waals surface area contributed by atoms with Gasteiger partial charge in [-0.2, -0.15) is 0 Å². The number of ketones is 1. The van der Waals surface area contributed by atoms with E-state index in [1.165, 1.54) is 34.5 Å². The third-order valence-electron chi connectivity index (χ3n) is 5.74. The smallest absolute Gasteiger partial charge is 1.00 e. The summed E-state index contributed by atoms with van der Waals surface area (Å²) in [5.41, 5.74) is 1.65. The number of carboxylic acids is 1. The molecule has 39 heavy (non-hydrogen) atoms. The molecule has 0 fully saturated rings. The third-order valence-corrected chi connectivity index (χ3v) is 6.89. The molecule has 0 aliphatic rings. The first-order valence-corrected chi connectivity index (χ1v) is 12.3. The van der Waals surface area contributed by atoms with Gasteiger partial charge in [-0.15, -0.1) is 11.3 Å². The van der Waals surface area contributed by atoms with Crippen molar-refractivity contribution in [2.75, 3.05) is 35.0 Å². The number of aliphatic carboxylic acids is 1. The molecule has 0 atom stereocenters. The Bertz CT molecular complexity index is 1470. The molecule has 1 aromatic heterocycles. The zero-order valence-electron chi connectivity index (χ0n) is 23.3. The molecule has 0 saturated heterocycles. The van der Waals surface area contributed by atoms with E-state index in [0.29, 0.717) is 45.4 Å². The van der Waals surface area contributed by atoms with Crippen LogP contribution < -0.4 is 53.2 Å². The van der Waals surface area contributed by atoms with Crippen LogP contribution in [0, 0.1) is 0 Å². The van der Waals surface area contributed by atoms with Crippen molar-refractivity contribution in [1.82, 2.24) is 0 Å². The van der Waals surface area contributed by atoms with Gasteiger partial charge in [0.2, 0.25) is 5.75 Å². The molecule has 8 nitrogen and oxygen atoms in total. The normalized spacial score (nSPS) is 10.7. The van der Waals surface area contributed by atoms with Crippen LogP contribution in [-0.2, 0) is 4.79 Å². The van der Waals surface area contributed by atoms with Gasteiger partial charge >= 0.3 is 35.5 Å². The van der Waals surface area contributed by atoms with E-state index in [0.717, 1.165) is 15.0 Å². The fourth-order valence-electron chi connectivity index (χ4n) is 3.94. The molecule has 0 spiro atoms. The van der Waals surface area contributed by atoms with Gasteiger partial charge in [-0.25, -0.2) is 4.79 Å². The minimum atomic E-state index is -1.09. The van der Waals surface area contributed by atoms with Crippen LogP contribution in [0.1, 0.15) is 17.3 Å². The predicted molar refractivity (Wildman–Crippen MR) is 148 cm³/mol. The van der Waals surface area contributed by atoms with Gasteiger partial charge in [-0.1, -0.05) is 18.2 Å². The Labute approximate surface area is 253 Å². The zero-order valence-corrected chi connectivity index (χ0v) is 25.1. The van der Waals surface area contributed by atoms with Crippen LogP contribution >= 0.6 is 11.3 Å². The Morgan fingerprint density at radius 3 is 2.13 bits per heavy atom. The van der Waals surface area contributed by atoms with Crippen LogP contribution in [0.5, 0.6) is 28.7 Å². The van der Waals surface area contributed by atoms with E-state index in [1.807, 2.05) is 36.4 Å². The largest absolute Gasteiger partial charge is 1.00 e. The summed E-state index contributed by atoms with van der Waals surface area (Å²) in [6.07, 6.45) is 3.06. The van der Waals surface area contributed by atoms with Crippen LogP contribution in [0.15, 0.2) is 60.7 Å². The van der Waals surface area contributed by atoms with Crippen molar-refractivity contribution in [2.45, 2.75) is 0 Å². The third kappa shape index (κ3) is 6.75. The van der Waals surface area contributed by atoms with E-state index in [2.05, 4.69) is 0 Å². The minimum absolute atomic E-state index is 0. The first-order valence-electron chi connectivity index (χ1n) is 11.5. The van der Waals surface area contributed by atoms with Crippen molar-refractivity contribution < 1.29 is 69.4 Å². The molecule has 4 aromatic rings. The molecule has 0 radical (unpaired) electrons. The van der Waals surface area contributed by atoms with Crippen molar-refractivity contribution in [3.05, 3.63) is 71.8 Å². The summed E-state index contributed by atoms with van der Waals surface area (Å²) in [5, 5.41) is 10.2. The second-order valence-electron chi connectivity index (χ2n) is 8.03. The fraction of sp³-hybridized carbons (Fsp3) is 0.172. The minimum Gasteiger partial charge on any atom is -1.00 e. The van der Waals surface area contributed by atoms with Crippen LogP contribution in [-0.4, -0.2) is 51.9 Å². The van der Waals surface area contributed by atoms with Gasteiger partial charge in [0.1, 0.15) is 11.5 Å². The number of ether oxygens (including phenoxy) is 5. The first-order chi connectivity index (χ1) is 18.4. The van der Waals surface area contributed by atoms with E-state index in [-0.39, 0.29) is 36.8 Å². The number of thiophene rings is 1. The Balaban J connectivity index is 0.00000280. The van der Waals surface area contributed by atoms with Crippen molar-refractivity contribution in [1.29, 1.82) is 0 Å². The maximum absolute atomic E-state index is 13.1. The summed E-state index contributed by atoms with van der Waals surface area (Å²) >= 11 is 1.55. The summed E-state index contributed by atoms with van der Waals surface area (Å²) in [5.74, 6) is 0.531. The standard InChI is InChI=1S/C29H26O8S.Na.H/c1-33-22-15-23(37-16-28(31)32)20(27-14-18-7-5-6-8-26(18)38-27)11-17(22)9-10-21(30)19-12-24(34-2)29(36-4)25(13-19)35-3;;/h5-15H,16H2,1-4H3,(H,31,32);;/q;+1;-1/b10-9+;;. The average molecular weight is 559 g/mol. The summed E-state index contributed by atoms with van der Waals surface area (Å²) in [6, 6.07) is 16.6. The van der Waals surface area contributed by atoms with Gasteiger partial charge in [0.25, 0.3) is 0 Å². The van der Waals surface area contributed by atoms with Crippen LogP contribution in [0.4, 0.5) is 0 Å². The molecule has 0 unspecified atom stereocenters. The molecule has 198 valence electrons. The van der Waals surface area contributed by atoms with E-state index in [1.54, 1.807) is 35.6 Å². The molecule has 1 N–H and O–H groups in total. The van der Waals surface area contributed by atoms with Crippen molar-refractivity contribution >= 4 is 39.3 Å². The molecule has 0 aliphatic heterocycles. The number of benzene rings is 3. The number of carboxylic acid groups (broad SMARTS) is 1. The van der Waals surface area contributed by atoms with Gasteiger partial charge in [0, 0.05) is 32.3 Å². The van der Waals surface area contributed by atoms with Crippen molar-refractivity contribution in [3.8, 4) is 39.2 Å². The van der Waals surface area contributed by atoms with E-state index >= 15 is 0 Å². The monoisotopic (exact) mass is 558 g/mol. The second-order valence-corrected chi connectivity index (χ2v) is 9.12. The van der Waals surface area contributed by atoms with E-state index < -0.39 is 12.6 Å². The van der Waals surface area contributed by atoms with Gasteiger partial charge < -0.3 is 30.2 Å². The predicted octanol–water partition coefficient (Wildman–Crippen LogP) is 3.08. The number of fused-ring (bicyclic) bond motifs is 1. The summed E-state index contributed by atoms with van der Waals surface area (Å²) in [7, 11) is 5.95. The molecule has 4 rings (SSSR count). The van der Waals surface area contributed by atoms with Crippen LogP contribution in [0.2, 0.25) is 0 Å². The molecule has 0 bridgehead atoms. The van der Waals surface area contributed by atoms with E-state index in [4.69, 9.17) is 28.8 Å². The number of rotatable bonds is 11. The number of methoxy groups -OCH3 is 4. The Morgan fingerprint density at radius 2 is 1.54 bits per heavy atom. The average Bonchev–Trinajstić information content (AvgIpc) is 3.37. The van der Waals surface area contributed by atoms with Gasteiger partial charge in [-0.05, 0) is 47.9 Å². The molecule has 1 heterocycles. The first kappa shape index (κ1) is 30.0. The Hall–Kier alpha value is -3.50. The zero-order chi connectivity index (χ0) is 27.2. The molecule has 0 amide bonds. The number of carbonyl (C=O) groups excluding carboxylic acids is 1. The van der Waals surface area contributed by atoms with Crippen LogP contribution in [0.25, 0.3) is 26.6 Å². The van der Waals surface area contributed by atoms with Gasteiger partial charge in [0.05, 0.1) is 28.4 Å². The van der Waals surface area contributed by atoms with E-state index in [9.17, 15) is 9.59 Å². The quantitative estimate of drug-likeness (QED) is 0.170. The fourth-order valence-corrected chi connectivity index (χ4v) is 5.02. The molecule has 0 saturated carbocycles. The molecular weight excluding hydrogens is 531 g/mol. The molecule has 0 aliphatic carbocycles. The number of hydrogen-bond donors (Lipinski definition) is 1. The summed E-state index contributed by atoms with van der Waals surface area (Å²) < 4.78 is 28.3. The number of carbonyl (C=O) groups is 2. The Kier molecular flexibility index (Phi) is 10.4. The maximum Gasteiger partial charge on any atom is 1.00 e. The molecule has 10 heteroatoms. The summed E-state index contributed by atoms with van der Waals surface area (Å²) in [6.45, 7) is -0.504. The van der Waals surface area contributed by atoms with Gasteiger partial charge in [-0.3, -0.25) is 4.79 Å². The SMILES string of the molecule is COc1cc(OCC(=O)O)c(-c2cc3ccccc3s2)cc1/C=C/C(=O)c1cc(OC)c(OC)c(OC)c1.[H-].[Na+]. The second kappa shape index (κ2) is 13.5. The van der Waals surface area contributed by atoms with Crippen molar-refractivity contribution in [2.24, 2.45) is 0 Å². The van der Waals surface area contributed by atoms with Crippen molar-refractivity contribution in [3.63, 3.8) is 0 Å².